The van der Waals surface area contributed by atoms with Gasteiger partial charge in [0.15, 0.2) is 5.82 Å². The second-order valence-corrected chi connectivity index (χ2v) is 12.7. The van der Waals surface area contributed by atoms with Gasteiger partial charge in [-0.25, -0.2) is 5.21 Å². The normalized spacial score (nSPS) is 15.4. The van der Waals surface area contributed by atoms with E-state index in [-0.39, 0.29) is 0 Å². The number of aliphatic imine (C=N–C) groups is 1. The number of fused-ring (bicyclic) bond motifs is 1. The number of hydrogen-bond acceptors (Lipinski definition) is 3. The molecule has 2 aliphatic rings. The number of benzene rings is 5. The van der Waals surface area contributed by atoms with Gasteiger partial charge < -0.3 is 10.6 Å². The first kappa shape index (κ1) is 36.6. The van der Waals surface area contributed by atoms with Gasteiger partial charge in [0.25, 0.3) is 0 Å². The smallest absolute Gasteiger partial charge is 0.174 e. The molecule has 0 aliphatic heterocycles. The van der Waals surface area contributed by atoms with Crippen molar-refractivity contribution < 1.29 is 0 Å². The number of aryl methyl sites for hydroxylation is 2. The molecule has 0 radical (unpaired) electrons. The van der Waals surface area contributed by atoms with Gasteiger partial charge in [0.05, 0.1) is 6.67 Å². The summed E-state index contributed by atoms with van der Waals surface area (Å²) in [7, 11) is 1.90. The zero-order chi connectivity index (χ0) is 35.7. The summed E-state index contributed by atoms with van der Waals surface area (Å²) < 4.78 is 0. The van der Waals surface area contributed by atoms with Gasteiger partial charge >= 0.3 is 0 Å². The molecule has 5 aromatic carbocycles. The third kappa shape index (κ3) is 11.7. The highest BCUT2D eigenvalue weighted by Crippen LogP contribution is 2.46. The molecule has 260 valence electrons. The Morgan fingerprint density at radius 3 is 1.96 bits per heavy atom. The largest absolute Gasteiger partial charge is 0.340 e. The predicted molar refractivity (Wildman–Crippen MR) is 216 cm³/mol. The lowest BCUT2D eigenvalue weighted by molar-refractivity contribution is 0.779. The van der Waals surface area contributed by atoms with E-state index in [2.05, 4.69) is 143 Å². The molecule has 0 spiro atoms. The maximum Gasteiger partial charge on any atom is 0.174 e. The van der Waals surface area contributed by atoms with Crippen molar-refractivity contribution in [1.82, 2.24) is 20.7 Å². The molecule has 1 fully saturated rings. The summed E-state index contributed by atoms with van der Waals surface area (Å²) in [5.74, 6) is 3.64. The van der Waals surface area contributed by atoms with Crippen LogP contribution in [0, 0.1) is 18.8 Å². The molecule has 0 amide bonds. The number of nitrogens with zero attached hydrogens (tertiary/aromatic N) is 2. The van der Waals surface area contributed by atoms with Crippen molar-refractivity contribution in [3.05, 3.63) is 180 Å². The maximum atomic E-state index is 4.63. The standard InChI is InChI=1S/C23H25N3.C8H10.C7H7N3.C7H8/c1-3-18-9-7-12-20(15-18)21-13-8-14-22(16-21)26-23(25-17-24-2)19-10-5-4-6-11-19;1-6-3-2-4-7-5-8(6)7;1-2-4-6(5-3-1)7-8-10-9-7;1-7-5-3-2-4-6-7/h4-16,24H,3,17H2,1-2H3,(H,25,26);2-4,7-8H,5H2,1H3;1-5,10H,(H,8,9);2-6H,1H3. The summed E-state index contributed by atoms with van der Waals surface area (Å²) in [4.78, 5) is 4.63. The first-order valence-corrected chi connectivity index (χ1v) is 17.8. The van der Waals surface area contributed by atoms with Crippen LogP contribution >= 0.6 is 0 Å². The fraction of sp³-hybridized carbons (Fsp3) is 0.200. The van der Waals surface area contributed by atoms with E-state index in [1.807, 2.05) is 73.8 Å². The Kier molecular flexibility index (Phi) is 14.0. The average Bonchev–Trinajstić information content (AvgIpc) is 3.96. The molecule has 4 N–H and O–H groups in total. The van der Waals surface area contributed by atoms with Gasteiger partial charge in [-0.05, 0) is 74.4 Å². The van der Waals surface area contributed by atoms with Crippen LogP contribution in [0.2, 0.25) is 0 Å². The van der Waals surface area contributed by atoms with Gasteiger partial charge in [-0.15, -0.1) is 5.10 Å². The van der Waals surface area contributed by atoms with Crippen LogP contribution in [0.5, 0.6) is 0 Å². The highest BCUT2D eigenvalue weighted by Gasteiger charge is 2.36. The summed E-state index contributed by atoms with van der Waals surface area (Å²) in [5, 5.41) is 15.9. The van der Waals surface area contributed by atoms with Crippen LogP contribution in [0.25, 0.3) is 22.5 Å². The molecule has 1 aromatic heterocycles. The molecule has 0 saturated heterocycles. The Morgan fingerprint density at radius 1 is 0.765 bits per heavy atom. The zero-order valence-electron chi connectivity index (χ0n) is 30.2. The molecule has 1 heterocycles. The van der Waals surface area contributed by atoms with Crippen LogP contribution in [0.4, 0.5) is 5.69 Å². The maximum absolute atomic E-state index is 4.63. The van der Waals surface area contributed by atoms with E-state index in [1.165, 1.54) is 28.7 Å². The van der Waals surface area contributed by atoms with Gasteiger partial charge in [-0.2, -0.15) is 0 Å². The topological polar surface area (TPSA) is 80.9 Å². The molecule has 6 nitrogen and oxygen atoms in total. The van der Waals surface area contributed by atoms with Crippen molar-refractivity contribution in [3.63, 3.8) is 0 Å². The fourth-order valence-corrected chi connectivity index (χ4v) is 5.64. The van der Waals surface area contributed by atoms with E-state index in [4.69, 9.17) is 0 Å². The number of rotatable bonds is 7. The predicted octanol–water partition coefficient (Wildman–Crippen LogP) is 10.5. The molecule has 6 aromatic rings. The molecule has 6 heteroatoms. The Labute approximate surface area is 303 Å². The van der Waals surface area contributed by atoms with Crippen LogP contribution in [0.1, 0.15) is 37.0 Å². The first-order valence-electron chi connectivity index (χ1n) is 17.8. The SMILES string of the molecule is CC1=CC=CC2CC12.CCc1cccc(-c2cccc(N/C(=N\CNC)c3ccccc3)c2)c1.Cc1ccccc1.c1ccc(-c2n[nH][nH]2)cc1. The molecule has 8 rings (SSSR count). The van der Waals surface area contributed by atoms with Crippen LogP contribution in [0.15, 0.2) is 168 Å². The minimum atomic E-state index is 0.565. The van der Waals surface area contributed by atoms with E-state index in [1.54, 1.807) is 5.57 Å². The first-order chi connectivity index (χ1) is 25.0. The van der Waals surface area contributed by atoms with E-state index < -0.39 is 0 Å². The number of nitrogens with one attached hydrogen (secondary N) is 4. The summed E-state index contributed by atoms with van der Waals surface area (Å²) in [6.07, 6.45) is 9.19. The van der Waals surface area contributed by atoms with E-state index in [0.29, 0.717) is 6.67 Å². The van der Waals surface area contributed by atoms with Crippen molar-refractivity contribution in [2.45, 2.75) is 33.6 Å². The van der Waals surface area contributed by atoms with Gasteiger partial charge in [0.2, 0.25) is 0 Å². The molecule has 2 aliphatic carbocycles. The van der Waals surface area contributed by atoms with Crippen molar-refractivity contribution in [2.24, 2.45) is 16.8 Å². The van der Waals surface area contributed by atoms with Gasteiger partial charge in [-0.3, -0.25) is 10.1 Å². The van der Waals surface area contributed by atoms with E-state index >= 15 is 0 Å². The highest BCUT2D eigenvalue weighted by molar-refractivity contribution is 6.08. The van der Waals surface area contributed by atoms with Crippen molar-refractivity contribution in [3.8, 4) is 22.5 Å². The number of amidine groups is 1. The summed E-state index contributed by atoms with van der Waals surface area (Å²) in [5.41, 5.74) is 9.90. The van der Waals surface area contributed by atoms with E-state index in [0.717, 1.165) is 46.7 Å². The quantitative estimate of drug-likeness (QED) is 0.100. The Hall–Kier alpha value is -5.72. The number of anilines is 1. The number of aromatic amines is 2. The molecule has 2 atom stereocenters. The molecular weight excluding hydrogens is 625 g/mol. The van der Waals surface area contributed by atoms with Crippen LogP contribution in [-0.4, -0.2) is 35.0 Å². The molecule has 51 heavy (non-hydrogen) atoms. The minimum absolute atomic E-state index is 0.565. The fourth-order valence-electron chi connectivity index (χ4n) is 5.64. The lowest BCUT2D eigenvalue weighted by Crippen LogP contribution is -2.17. The minimum Gasteiger partial charge on any atom is -0.340 e. The highest BCUT2D eigenvalue weighted by atomic mass is 15.4. The second kappa shape index (κ2) is 19.5. The number of hydrogen-bond donors (Lipinski definition) is 4. The molecule has 1 saturated carbocycles. The lowest BCUT2D eigenvalue weighted by atomic mass is 10.0. The third-order valence-corrected chi connectivity index (χ3v) is 8.71. The van der Waals surface area contributed by atoms with Crippen LogP contribution in [-0.2, 0) is 6.42 Å². The van der Waals surface area contributed by atoms with Gasteiger partial charge in [0.1, 0.15) is 5.84 Å². The van der Waals surface area contributed by atoms with Gasteiger partial charge in [0, 0.05) is 16.8 Å². The lowest BCUT2D eigenvalue weighted by Gasteiger charge is -2.12. The number of aromatic nitrogens is 3. The Morgan fingerprint density at radius 2 is 1.39 bits per heavy atom. The Balaban J connectivity index is 0.000000161. The van der Waals surface area contributed by atoms with Crippen LogP contribution < -0.4 is 10.6 Å². The summed E-state index contributed by atoms with van der Waals surface area (Å²) in [6, 6.07) is 47.6. The van der Waals surface area contributed by atoms with Crippen molar-refractivity contribution >= 4 is 11.5 Å². The molecule has 2 unspecified atom stereocenters. The average molecular weight is 675 g/mol. The number of allylic oxidation sites excluding steroid dienone is 4. The third-order valence-electron chi connectivity index (χ3n) is 8.71. The summed E-state index contributed by atoms with van der Waals surface area (Å²) >= 11 is 0. The van der Waals surface area contributed by atoms with Crippen LogP contribution in [0.3, 0.4) is 0 Å². The second-order valence-electron chi connectivity index (χ2n) is 12.7. The van der Waals surface area contributed by atoms with Crippen molar-refractivity contribution in [2.75, 3.05) is 19.0 Å². The summed E-state index contributed by atoms with van der Waals surface area (Å²) in [6.45, 7) is 7.06. The van der Waals surface area contributed by atoms with Crippen molar-refractivity contribution in [1.29, 1.82) is 0 Å². The van der Waals surface area contributed by atoms with E-state index in [9.17, 15) is 0 Å². The molecular formula is C45H50N6. The van der Waals surface area contributed by atoms with Gasteiger partial charge in [-0.1, -0.05) is 164 Å². The molecule has 0 bridgehead atoms. The Bertz CT molecular complexity index is 1960. The monoisotopic (exact) mass is 674 g/mol. The zero-order valence-corrected chi connectivity index (χ0v) is 30.2. The number of H-pyrrole nitrogens is 2.